The molecule has 4 heteroatoms. The molecule has 0 spiro atoms. The molecule has 1 heterocycles. The smallest absolute Gasteiger partial charge is 0.0613 e. The minimum atomic E-state index is 0.586. The van der Waals surface area contributed by atoms with E-state index in [1.54, 1.807) is 0 Å². The molecular formula is C18H24Cl2N2. The normalized spacial score (nSPS) is 11.0. The molecule has 1 aromatic heterocycles. The van der Waals surface area contributed by atoms with Gasteiger partial charge < -0.3 is 9.88 Å². The molecule has 2 rings (SSSR count). The molecule has 0 aliphatic rings. The number of halogens is 2. The standard InChI is InChI=1S/C18H24Cl2N2/c1-2-3-4-5-6-11-21-14-16-8-7-12-22(16)15-9-10-17(19)18(20)13-15/h7-10,12-13,21H,2-6,11,14H2,1H3. The number of nitrogens with one attached hydrogen (secondary N) is 1. The molecule has 2 nitrogen and oxygen atoms in total. The van der Waals surface area contributed by atoms with E-state index >= 15 is 0 Å². The van der Waals surface area contributed by atoms with Crippen LogP contribution in [0.4, 0.5) is 0 Å². The molecule has 0 amide bonds. The fraction of sp³-hybridized carbons (Fsp3) is 0.444. The van der Waals surface area contributed by atoms with Crippen molar-refractivity contribution in [1.29, 1.82) is 0 Å². The summed E-state index contributed by atoms with van der Waals surface area (Å²) < 4.78 is 2.15. The molecule has 0 saturated heterocycles. The van der Waals surface area contributed by atoms with E-state index in [1.165, 1.54) is 37.8 Å². The van der Waals surface area contributed by atoms with Gasteiger partial charge in [-0.05, 0) is 43.3 Å². The van der Waals surface area contributed by atoms with Gasteiger partial charge in [-0.15, -0.1) is 0 Å². The first kappa shape index (κ1) is 17.4. The summed E-state index contributed by atoms with van der Waals surface area (Å²) >= 11 is 12.1. The van der Waals surface area contributed by atoms with Crippen LogP contribution in [-0.4, -0.2) is 11.1 Å². The molecule has 0 fully saturated rings. The van der Waals surface area contributed by atoms with Gasteiger partial charge in [0.2, 0.25) is 0 Å². The Morgan fingerprint density at radius 1 is 1.00 bits per heavy atom. The van der Waals surface area contributed by atoms with Gasteiger partial charge in [0.15, 0.2) is 0 Å². The number of benzene rings is 1. The van der Waals surface area contributed by atoms with E-state index in [-0.39, 0.29) is 0 Å². The second-order valence-electron chi connectivity index (χ2n) is 5.56. The summed E-state index contributed by atoms with van der Waals surface area (Å²) in [5.74, 6) is 0. The Bertz CT molecular complexity index is 578. The van der Waals surface area contributed by atoms with Crippen LogP contribution in [-0.2, 0) is 6.54 Å². The van der Waals surface area contributed by atoms with E-state index in [0.29, 0.717) is 10.0 Å². The van der Waals surface area contributed by atoms with Gasteiger partial charge in [0.25, 0.3) is 0 Å². The van der Waals surface area contributed by atoms with Crippen LogP contribution < -0.4 is 5.32 Å². The van der Waals surface area contributed by atoms with Crippen LogP contribution in [0.25, 0.3) is 5.69 Å². The summed E-state index contributed by atoms with van der Waals surface area (Å²) in [5, 5.41) is 4.69. The number of hydrogen-bond acceptors (Lipinski definition) is 1. The predicted molar refractivity (Wildman–Crippen MR) is 96.3 cm³/mol. The highest BCUT2D eigenvalue weighted by molar-refractivity contribution is 6.42. The highest BCUT2D eigenvalue weighted by Gasteiger charge is 2.05. The molecule has 1 N–H and O–H groups in total. The van der Waals surface area contributed by atoms with Gasteiger partial charge in [-0.25, -0.2) is 0 Å². The van der Waals surface area contributed by atoms with Crippen molar-refractivity contribution in [3.63, 3.8) is 0 Å². The van der Waals surface area contributed by atoms with E-state index in [1.807, 2.05) is 18.2 Å². The molecular weight excluding hydrogens is 315 g/mol. The fourth-order valence-electron chi connectivity index (χ4n) is 2.52. The molecule has 22 heavy (non-hydrogen) atoms. The van der Waals surface area contributed by atoms with Gasteiger partial charge in [-0.2, -0.15) is 0 Å². The first-order chi connectivity index (χ1) is 10.7. The molecule has 0 radical (unpaired) electrons. The lowest BCUT2D eigenvalue weighted by atomic mass is 10.1. The maximum atomic E-state index is 6.11. The van der Waals surface area contributed by atoms with Crippen LogP contribution in [0.5, 0.6) is 0 Å². The van der Waals surface area contributed by atoms with Crippen LogP contribution in [0.1, 0.15) is 44.7 Å². The highest BCUT2D eigenvalue weighted by Crippen LogP contribution is 2.25. The van der Waals surface area contributed by atoms with Crippen molar-refractivity contribution in [3.8, 4) is 5.69 Å². The Balaban J connectivity index is 1.86. The van der Waals surface area contributed by atoms with Gasteiger partial charge in [-0.1, -0.05) is 55.8 Å². The number of unbranched alkanes of at least 4 members (excludes halogenated alkanes) is 4. The molecule has 0 atom stereocenters. The highest BCUT2D eigenvalue weighted by atomic mass is 35.5. The first-order valence-electron chi connectivity index (χ1n) is 8.04. The average molecular weight is 339 g/mol. The maximum absolute atomic E-state index is 6.11. The summed E-state index contributed by atoms with van der Waals surface area (Å²) in [6, 6.07) is 9.91. The monoisotopic (exact) mass is 338 g/mol. The third-order valence-corrected chi connectivity index (χ3v) is 4.52. The summed E-state index contributed by atoms with van der Waals surface area (Å²) in [7, 11) is 0. The quantitative estimate of drug-likeness (QED) is 0.568. The SMILES string of the molecule is CCCCCCCNCc1cccn1-c1ccc(Cl)c(Cl)c1. The second kappa shape index (κ2) is 9.24. The lowest BCUT2D eigenvalue weighted by Gasteiger charge is -2.11. The van der Waals surface area contributed by atoms with Crippen LogP contribution >= 0.6 is 23.2 Å². The van der Waals surface area contributed by atoms with Crippen molar-refractivity contribution < 1.29 is 0 Å². The van der Waals surface area contributed by atoms with Gasteiger partial charge >= 0.3 is 0 Å². The Labute approximate surface area is 143 Å². The van der Waals surface area contributed by atoms with Crippen molar-refractivity contribution in [2.45, 2.75) is 45.6 Å². The summed E-state index contributed by atoms with van der Waals surface area (Å²) in [6.45, 7) is 4.17. The predicted octanol–water partition coefficient (Wildman–Crippen LogP) is 5.84. The summed E-state index contributed by atoms with van der Waals surface area (Å²) in [4.78, 5) is 0. The number of hydrogen-bond donors (Lipinski definition) is 1. The molecule has 0 aliphatic heterocycles. The third-order valence-electron chi connectivity index (χ3n) is 3.78. The molecule has 0 aliphatic carbocycles. The third kappa shape index (κ3) is 5.05. The molecule has 0 saturated carbocycles. The Kier molecular flexibility index (Phi) is 7.31. The molecule has 0 unspecified atom stereocenters. The van der Waals surface area contributed by atoms with E-state index in [0.717, 1.165) is 18.8 Å². The van der Waals surface area contributed by atoms with Crippen molar-refractivity contribution >= 4 is 23.2 Å². The zero-order valence-corrected chi connectivity index (χ0v) is 14.6. The lowest BCUT2D eigenvalue weighted by molar-refractivity contribution is 0.578. The maximum Gasteiger partial charge on any atom is 0.0613 e. The summed E-state index contributed by atoms with van der Waals surface area (Å²) in [6.07, 6.45) is 8.60. The number of nitrogens with zero attached hydrogens (tertiary/aromatic N) is 1. The van der Waals surface area contributed by atoms with Gasteiger partial charge in [-0.3, -0.25) is 0 Å². The van der Waals surface area contributed by atoms with Crippen molar-refractivity contribution in [3.05, 3.63) is 52.3 Å². The molecule has 120 valence electrons. The Morgan fingerprint density at radius 3 is 2.59 bits per heavy atom. The average Bonchev–Trinajstić information content (AvgIpc) is 2.97. The Morgan fingerprint density at radius 2 is 1.82 bits per heavy atom. The topological polar surface area (TPSA) is 17.0 Å². The van der Waals surface area contributed by atoms with Crippen LogP contribution in [0.2, 0.25) is 10.0 Å². The van der Waals surface area contributed by atoms with Crippen LogP contribution in [0.3, 0.4) is 0 Å². The molecule has 1 aromatic carbocycles. The van der Waals surface area contributed by atoms with E-state index in [2.05, 4.69) is 35.1 Å². The van der Waals surface area contributed by atoms with E-state index < -0.39 is 0 Å². The molecule has 2 aromatic rings. The summed E-state index contributed by atoms with van der Waals surface area (Å²) in [5.41, 5.74) is 2.27. The fourth-order valence-corrected chi connectivity index (χ4v) is 2.81. The first-order valence-corrected chi connectivity index (χ1v) is 8.80. The zero-order chi connectivity index (χ0) is 15.8. The minimum absolute atomic E-state index is 0.586. The van der Waals surface area contributed by atoms with Gasteiger partial charge in [0, 0.05) is 24.1 Å². The van der Waals surface area contributed by atoms with E-state index in [4.69, 9.17) is 23.2 Å². The second-order valence-corrected chi connectivity index (χ2v) is 6.37. The minimum Gasteiger partial charge on any atom is -0.320 e. The van der Waals surface area contributed by atoms with E-state index in [9.17, 15) is 0 Å². The Hall–Kier alpha value is -0.960. The zero-order valence-electron chi connectivity index (χ0n) is 13.1. The number of rotatable bonds is 9. The van der Waals surface area contributed by atoms with Crippen LogP contribution in [0, 0.1) is 0 Å². The lowest BCUT2D eigenvalue weighted by Crippen LogP contribution is -2.16. The van der Waals surface area contributed by atoms with Crippen LogP contribution in [0.15, 0.2) is 36.5 Å². The van der Waals surface area contributed by atoms with Crippen molar-refractivity contribution in [1.82, 2.24) is 9.88 Å². The van der Waals surface area contributed by atoms with Crippen molar-refractivity contribution in [2.24, 2.45) is 0 Å². The van der Waals surface area contributed by atoms with Crippen molar-refractivity contribution in [2.75, 3.05) is 6.54 Å². The number of aromatic nitrogens is 1. The molecule has 0 bridgehead atoms. The largest absolute Gasteiger partial charge is 0.320 e. The van der Waals surface area contributed by atoms with Gasteiger partial charge in [0.1, 0.15) is 0 Å². The van der Waals surface area contributed by atoms with Gasteiger partial charge in [0.05, 0.1) is 10.0 Å².